The quantitative estimate of drug-likeness (QED) is 0.498. The van der Waals surface area contributed by atoms with Crippen LogP contribution in [0.25, 0.3) is 0 Å². The van der Waals surface area contributed by atoms with E-state index >= 15 is 0 Å². The van der Waals surface area contributed by atoms with E-state index in [4.69, 9.17) is 5.73 Å². The van der Waals surface area contributed by atoms with Crippen LogP contribution >= 0.6 is 0 Å². The lowest BCUT2D eigenvalue weighted by Gasteiger charge is -2.38. The first-order chi connectivity index (χ1) is 4.31. The van der Waals surface area contributed by atoms with Crippen molar-refractivity contribution in [3.8, 4) is 0 Å². The summed E-state index contributed by atoms with van der Waals surface area (Å²) >= 11 is 0. The molecule has 2 aliphatic rings. The molecule has 1 aliphatic heterocycles. The molecule has 2 heteroatoms. The highest BCUT2D eigenvalue weighted by Crippen LogP contribution is 2.39. The van der Waals surface area contributed by atoms with E-state index in [1.807, 2.05) is 0 Å². The third-order valence-electron chi connectivity index (χ3n) is 2.74. The Kier molecular flexibility index (Phi) is 1.08. The van der Waals surface area contributed by atoms with Crippen molar-refractivity contribution in [1.29, 1.82) is 0 Å². The van der Waals surface area contributed by atoms with E-state index in [9.17, 15) is 0 Å². The zero-order chi connectivity index (χ0) is 6.32. The van der Waals surface area contributed by atoms with Gasteiger partial charge in [0.2, 0.25) is 0 Å². The Morgan fingerprint density at radius 2 is 2.11 bits per heavy atom. The molecule has 0 bridgehead atoms. The van der Waals surface area contributed by atoms with Crippen molar-refractivity contribution >= 4 is 0 Å². The number of nitrogens with one attached hydrogen (secondary N) is 1. The minimum Gasteiger partial charge on any atom is -0.316 e. The molecule has 1 spiro atoms. The number of nitrogens with two attached hydrogens (primary N) is 1. The van der Waals surface area contributed by atoms with Gasteiger partial charge in [0.15, 0.2) is 0 Å². The molecule has 9 heavy (non-hydrogen) atoms. The Labute approximate surface area is 55.8 Å². The van der Waals surface area contributed by atoms with Crippen molar-refractivity contribution in [1.82, 2.24) is 5.32 Å². The van der Waals surface area contributed by atoms with Gasteiger partial charge in [0.1, 0.15) is 0 Å². The minimum absolute atomic E-state index is 0.297. The summed E-state index contributed by atoms with van der Waals surface area (Å²) in [5.41, 5.74) is 6.22. The fourth-order valence-corrected chi connectivity index (χ4v) is 1.97. The summed E-state index contributed by atoms with van der Waals surface area (Å²) in [6.07, 6.45) is 6.92. The van der Waals surface area contributed by atoms with Gasteiger partial charge in [-0.1, -0.05) is 0 Å². The molecule has 2 rings (SSSR count). The first-order valence-corrected chi connectivity index (χ1v) is 3.84. The topological polar surface area (TPSA) is 38.0 Å². The van der Waals surface area contributed by atoms with Gasteiger partial charge in [-0.3, -0.25) is 5.32 Å². The second-order valence-electron chi connectivity index (χ2n) is 3.42. The van der Waals surface area contributed by atoms with Crippen molar-refractivity contribution in [2.24, 2.45) is 5.73 Å². The molecule has 0 radical (unpaired) electrons. The van der Waals surface area contributed by atoms with Crippen LogP contribution in [0.4, 0.5) is 0 Å². The number of rotatable bonds is 0. The summed E-state index contributed by atoms with van der Waals surface area (Å²) in [5, 5.41) is 3.44. The van der Waals surface area contributed by atoms with Gasteiger partial charge in [-0.15, -0.1) is 0 Å². The van der Waals surface area contributed by atoms with Crippen molar-refractivity contribution in [3.63, 3.8) is 0 Å². The molecule has 1 saturated heterocycles. The Hall–Kier alpha value is -0.0800. The first kappa shape index (κ1) is 5.69. The molecule has 0 aromatic rings. The van der Waals surface area contributed by atoms with Crippen molar-refractivity contribution in [3.05, 3.63) is 0 Å². The van der Waals surface area contributed by atoms with Crippen molar-refractivity contribution < 1.29 is 0 Å². The molecule has 3 N–H and O–H groups in total. The summed E-state index contributed by atoms with van der Waals surface area (Å²) in [6, 6.07) is 0. The summed E-state index contributed by atoms with van der Waals surface area (Å²) in [4.78, 5) is 0. The predicted molar refractivity (Wildman–Crippen MR) is 36.9 cm³/mol. The third-order valence-corrected chi connectivity index (χ3v) is 2.74. The van der Waals surface area contributed by atoms with Crippen LogP contribution in [0.1, 0.15) is 32.1 Å². The van der Waals surface area contributed by atoms with Gasteiger partial charge < -0.3 is 5.73 Å². The smallest absolute Gasteiger partial charge is 0.0551 e. The van der Waals surface area contributed by atoms with Gasteiger partial charge in [0.05, 0.1) is 6.17 Å². The van der Waals surface area contributed by atoms with Gasteiger partial charge in [0, 0.05) is 5.54 Å². The Balaban J connectivity index is 1.99. The second kappa shape index (κ2) is 1.70. The molecule has 1 aliphatic carbocycles. The van der Waals surface area contributed by atoms with Gasteiger partial charge in [0.25, 0.3) is 0 Å². The first-order valence-electron chi connectivity index (χ1n) is 3.84. The second-order valence-corrected chi connectivity index (χ2v) is 3.42. The van der Waals surface area contributed by atoms with Gasteiger partial charge in [-0.2, -0.15) is 0 Å². The maximum atomic E-state index is 5.71. The van der Waals surface area contributed by atoms with Crippen LogP contribution in [-0.4, -0.2) is 11.7 Å². The van der Waals surface area contributed by atoms with Crippen LogP contribution in [0.5, 0.6) is 0 Å². The van der Waals surface area contributed by atoms with Crippen molar-refractivity contribution in [2.75, 3.05) is 0 Å². The van der Waals surface area contributed by atoms with Crippen LogP contribution < -0.4 is 11.1 Å². The van der Waals surface area contributed by atoms with E-state index in [1.54, 1.807) is 0 Å². The van der Waals surface area contributed by atoms with E-state index in [-0.39, 0.29) is 0 Å². The van der Waals surface area contributed by atoms with Crippen molar-refractivity contribution in [2.45, 2.75) is 43.8 Å². The molecule has 1 heterocycles. The summed E-state index contributed by atoms with van der Waals surface area (Å²) < 4.78 is 0. The fourth-order valence-electron chi connectivity index (χ4n) is 1.97. The largest absolute Gasteiger partial charge is 0.316 e. The Morgan fingerprint density at radius 1 is 1.33 bits per heavy atom. The fraction of sp³-hybridized carbons (Fsp3) is 1.00. The van der Waals surface area contributed by atoms with E-state index in [2.05, 4.69) is 5.32 Å². The van der Waals surface area contributed by atoms with Crippen LogP contribution in [0.15, 0.2) is 0 Å². The standard InChI is InChI=1S/C7H14N2/c8-6-2-5-7(9-6)3-1-4-7/h6,9H,1-5,8H2. The average Bonchev–Trinajstić information content (AvgIpc) is 2.09. The normalized spacial score (nSPS) is 39.0. The summed E-state index contributed by atoms with van der Waals surface area (Å²) in [7, 11) is 0. The molecule has 0 aromatic heterocycles. The Morgan fingerprint density at radius 3 is 2.33 bits per heavy atom. The van der Waals surface area contributed by atoms with Gasteiger partial charge >= 0.3 is 0 Å². The van der Waals surface area contributed by atoms with E-state index in [1.165, 1.54) is 32.1 Å². The molecule has 2 fully saturated rings. The third kappa shape index (κ3) is 0.775. The molecule has 2 nitrogen and oxygen atoms in total. The maximum Gasteiger partial charge on any atom is 0.0551 e. The molecule has 1 saturated carbocycles. The molecular weight excluding hydrogens is 112 g/mol. The lowest BCUT2D eigenvalue weighted by Crippen LogP contribution is -2.50. The lowest BCUT2D eigenvalue weighted by atomic mass is 9.76. The zero-order valence-corrected chi connectivity index (χ0v) is 5.69. The van der Waals surface area contributed by atoms with Gasteiger partial charge in [-0.05, 0) is 32.1 Å². The van der Waals surface area contributed by atoms with Crippen LogP contribution in [0, 0.1) is 0 Å². The highest BCUT2D eigenvalue weighted by atomic mass is 15.1. The highest BCUT2D eigenvalue weighted by Gasteiger charge is 2.41. The number of hydrogen-bond donors (Lipinski definition) is 2. The van der Waals surface area contributed by atoms with E-state index in [0.29, 0.717) is 11.7 Å². The SMILES string of the molecule is NC1CCC2(CCC2)N1. The summed E-state index contributed by atoms with van der Waals surface area (Å²) in [5.74, 6) is 0. The summed E-state index contributed by atoms with van der Waals surface area (Å²) in [6.45, 7) is 0. The molecule has 0 amide bonds. The highest BCUT2D eigenvalue weighted by molar-refractivity contribution is 5.01. The van der Waals surface area contributed by atoms with E-state index < -0.39 is 0 Å². The Bertz CT molecular complexity index is 118. The predicted octanol–water partition coefficient (Wildman–Crippen LogP) is 0.577. The lowest BCUT2D eigenvalue weighted by molar-refractivity contribution is 0.208. The van der Waals surface area contributed by atoms with Crippen LogP contribution in [0.3, 0.4) is 0 Å². The van der Waals surface area contributed by atoms with Crippen LogP contribution in [-0.2, 0) is 0 Å². The molecule has 1 unspecified atom stereocenters. The molecule has 0 aromatic carbocycles. The maximum absolute atomic E-state index is 5.71. The monoisotopic (exact) mass is 126 g/mol. The van der Waals surface area contributed by atoms with E-state index in [0.717, 1.165) is 0 Å². The number of hydrogen-bond acceptors (Lipinski definition) is 2. The average molecular weight is 126 g/mol. The minimum atomic E-state index is 0.297. The zero-order valence-electron chi connectivity index (χ0n) is 5.69. The van der Waals surface area contributed by atoms with Gasteiger partial charge in [-0.25, -0.2) is 0 Å². The molecule has 52 valence electrons. The molecule has 1 atom stereocenters. The van der Waals surface area contributed by atoms with Crippen LogP contribution in [0.2, 0.25) is 0 Å². The molecular formula is C7H14N2.